The summed E-state index contributed by atoms with van der Waals surface area (Å²) in [6.07, 6.45) is 5.74. The lowest BCUT2D eigenvalue weighted by molar-refractivity contribution is -0.170. The van der Waals surface area contributed by atoms with Crippen molar-refractivity contribution in [2.45, 2.75) is 112 Å². The van der Waals surface area contributed by atoms with Gasteiger partial charge in [0.25, 0.3) is 0 Å². The molecule has 5 aliphatic carbocycles. The fraction of sp³-hybridized carbons (Fsp3) is 0.906. The van der Waals surface area contributed by atoms with Gasteiger partial charge in [0.05, 0.1) is 6.10 Å². The van der Waals surface area contributed by atoms with Crippen LogP contribution in [0, 0.1) is 50.7 Å². The lowest BCUT2D eigenvalue weighted by Gasteiger charge is -2.63. The molecule has 39 heavy (non-hydrogen) atoms. The SMILES string of the molecule is CC(=O)SC[C@@]1(C)C2CCC3[C@]4(C)C[C@@H](O)[C@H]([C@H](C)N(C)C)[C@@]4(C)CC(=O)[C@]34CC24CC[C@@H]1NC(=O)C(C)C. The summed E-state index contributed by atoms with van der Waals surface area (Å²) in [5.41, 5.74) is -0.909. The van der Waals surface area contributed by atoms with Crippen molar-refractivity contribution >= 4 is 28.6 Å². The van der Waals surface area contributed by atoms with Crippen molar-refractivity contribution in [2.24, 2.45) is 50.7 Å². The van der Waals surface area contributed by atoms with E-state index in [1.165, 1.54) is 11.8 Å². The fourth-order valence-corrected chi connectivity index (χ4v) is 12.1. The van der Waals surface area contributed by atoms with E-state index in [0.717, 1.165) is 38.5 Å². The van der Waals surface area contributed by atoms with Gasteiger partial charge in [-0.3, -0.25) is 14.4 Å². The number of ketones is 1. The van der Waals surface area contributed by atoms with Crippen molar-refractivity contribution in [1.82, 2.24) is 10.2 Å². The molecular weight excluding hydrogens is 508 g/mol. The molecule has 11 atom stereocenters. The van der Waals surface area contributed by atoms with E-state index >= 15 is 0 Å². The van der Waals surface area contributed by atoms with Crippen LogP contribution in [0.15, 0.2) is 0 Å². The molecule has 220 valence electrons. The third-order valence-corrected chi connectivity index (χ3v) is 14.7. The van der Waals surface area contributed by atoms with Gasteiger partial charge in [0.1, 0.15) is 5.78 Å². The summed E-state index contributed by atoms with van der Waals surface area (Å²) in [5.74, 6) is 1.78. The number of thioether (sulfide) groups is 1. The van der Waals surface area contributed by atoms with Crippen molar-refractivity contribution in [1.29, 1.82) is 0 Å². The number of rotatable bonds is 6. The molecule has 7 heteroatoms. The van der Waals surface area contributed by atoms with Gasteiger partial charge in [-0.25, -0.2) is 0 Å². The minimum Gasteiger partial charge on any atom is -0.393 e. The molecule has 0 heterocycles. The molecule has 3 unspecified atom stereocenters. The van der Waals surface area contributed by atoms with Crippen LogP contribution in [-0.4, -0.2) is 64.8 Å². The van der Waals surface area contributed by atoms with Crippen molar-refractivity contribution in [3.05, 3.63) is 0 Å². The Hall–Kier alpha value is -0.920. The number of nitrogens with zero attached hydrogens (tertiary/aromatic N) is 1. The van der Waals surface area contributed by atoms with E-state index in [9.17, 15) is 19.5 Å². The largest absolute Gasteiger partial charge is 0.393 e. The molecule has 5 rings (SSSR count). The number of aliphatic hydroxyl groups excluding tert-OH is 1. The van der Waals surface area contributed by atoms with E-state index in [0.29, 0.717) is 23.9 Å². The second-order valence-corrected chi connectivity index (χ2v) is 16.6. The maximum atomic E-state index is 14.6. The Morgan fingerprint density at radius 1 is 1.08 bits per heavy atom. The molecule has 5 saturated carbocycles. The molecule has 0 saturated heterocycles. The molecular formula is C32H52N2O4S. The van der Waals surface area contributed by atoms with Crippen molar-refractivity contribution in [3.8, 4) is 0 Å². The average molecular weight is 561 g/mol. The second-order valence-electron chi connectivity index (χ2n) is 15.5. The highest BCUT2D eigenvalue weighted by Crippen LogP contribution is 2.88. The van der Waals surface area contributed by atoms with Crippen LogP contribution in [0.5, 0.6) is 0 Å². The molecule has 5 aliphatic rings. The Kier molecular flexibility index (Phi) is 7.04. The first-order valence-electron chi connectivity index (χ1n) is 15.3. The highest BCUT2D eigenvalue weighted by atomic mass is 32.2. The number of fused-ring (bicyclic) bond motifs is 2. The smallest absolute Gasteiger partial charge is 0.222 e. The number of aliphatic hydroxyl groups is 1. The number of nitrogens with one attached hydrogen (secondary N) is 1. The Bertz CT molecular complexity index is 1060. The summed E-state index contributed by atoms with van der Waals surface area (Å²) in [7, 11) is 4.17. The Morgan fingerprint density at radius 3 is 2.31 bits per heavy atom. The van der Waals surface area contributed by atoms with Gasteiger partial charge < -0.3 is 15.3 Å². The normalized spacial score (nSPS) is 49.1. The Morgan fingerprint density at radius 2 is 1.72 bits per heavy atom. The molecule has 5 fully saturated rings. The van der Waals surface area contributed by atoms with Crippen molar-refractivity contribution in [3.63, 3.8) is 0 Å². The number of carbonyl (C=O) groups is 3. The summed E-state index contributed by atoms with van der Waals surface area (Å²) >= 11 is 1.38. The van der Waals surface area contributed by atoms with E-state index in [1.54, 1.807) is 6.92 Å². The van der Waals surface area contributed by atoms with Gasteiger partial charge in [0.15, 0.2) is 5.12 Å². The van der Waals surface area contributed by atoms with E-state index < -0.39 is 6.10 Å². The number of carbonyl (C=O) groups excluding carboxylic acids is 3. The van der Waals surface area contributed by atoms with Crippen LogP contribution in [0.3, 0.4) is 0 Å². The summed E-state index contributed by atoms with van der Waals surface area (Å²) in [4.78, 5) is 41.8. The molecule has 0 aromatic rings. The van der Waals surface area contributed by atoms with Gasteiger partial charge in [-0.2, -0.15) is 0 Å². The molecule has 0 bridgehead atoms. The fourth-order valence-electron chi connectivity index (χ4n) is 11.2. The monoisotopic (exact) mass is 560 g/mol. The topological polar surface area (TPSA) is 86.7 Å². The summed E-state index contributed by atoms with van der Waals surface area (Å²) in [5, 5.41) is 15.0. The minimum absolute atomic E-state index is 0.0160. The zero-order valence-electron chi connectivity index (χ0n) is 25.7. The first kappa shape index (κ1) is 29.6. The van der Waals surface area contributed by atoms with Crippen LogP contribution >= 0.6 is 11.8 Å². The van der Waals surface area contributed by atoms with E-state index in [2.05, 4.69) is 52.0 Å². The molecule has 0 aromatic heterocycles. The second kappa shape index (κ2) is 9.29. The number of hydrogen-bond donors (Lipinski definition) is 2. The number of amides is 1. The van der Waals surface area contributed by atoms with Gasteiger partial charge in [-0.1, -0.05) is 46.4 Å². The summed E-state index contributed by atoms with van der Waals surface area (Å²) < 4.78 is 0. The third kappa shape index (κ3) is 3.77. The third-order valence-electron chi connectivity index (χ3n) is 13.5. The van der Waals surface area contributed by atoms with E-state index in [-0.39, 0.29) is 67.9 Å². The van der Waals surface area contributed by atoms with Gasteiger partial charge in [-0.05, 0) is 87.6 Å². The van der Waals surface area contributed by atoms with E-state index in [4.69, 9.17) is 0 Å². The zero-order valence-corrected chi connectivity index (χ0v) is 26.5. The number of hydrogen-bond acceptors (Lipinski definition) is 6. The highest BCUT2D eigenvalue weighted by Gasteiger charge is 2.86. The molecule has 0 radical (unpaired) electrons. The Balaban J connectivity index is 1.52. The van der Waals surface area contributed by atoms with Gasteiger partial charge in [-0.15, -0.1) is 0 Å². The molecule has 0 aromatic carbocycles. The van der Waals surface area contributed by atoms with Crippen molar-refractivity contribution < 1.29 is 19.5 Å². The van der Waals surface area contributed by atoms with Crippen LogP contribution in [0.1, 0.15) is 93.4 Å². The minimum atomic E-state index is -0.396. The van der Waals surface area contributed by atoms with Crippen LogP contribution in [0.4, 0.5) is 0 Å². The van der Waals surface area contributed by atoms with Crippen LogP contribution < -0.4 is 5.32 Å². The predicted octanol–water partition coefficient (Wildman–Crippen LogP) is 4.93. The highest BCUT2D eigenvalue weighted by molar-refractivity contribution is 8.13. The number of Topliss-reactive ketones (excluding diaryl/α,β-unsaturated/α-hetero) is 1. The quantitative estimate of drug-likeness (QED) is 0.479. The first-order chi connectivity index (χ1) is 18.0. The Labute approximate surface area is 240 Å². The molecule has 0 aliphatic heterocycles. The van der Waals surface area contributed by atoms with Gasteiger partial charge in [0.2, 0.25) is 5.91 Å². The first-order valence-corrected chi connectivity index (χ1v) is 16.3. The average Bonchev–Trinajstić information content (AvgIpc) is 3.48. The molecule has 2 spiro atoms. The zero-order chi connectivity index (χ0) is 28.9. The lowest BCUT2D eigenvalue weighted by atomic mass is 9.41. The predicted molar refractivity (Wildman–Crippen MR) is 156 cm³/mol. The van der Waals surface area contributed by atoms with Crippen LogP contribution in [0.2, 0.25) is 0 Å². The molecule has 1 amide bonds. The van der Waals surface area contributed by atoms with Gasteiger partial charge >= 0.3 is 0 Å². The van der Waals surface area contributed by atoms with Crippen LogP contribution in [0.25, 0.3) is 0 Å². The summed E-state index contributed by atoms with van der Waals surface area (Å²) in [6, 6.07) is 0.215. The van der Waals surface area contributed by atoms with Gasteiger partial charge in [0, 0.05) is 53.8 Å². The maximum absolute atomic E-state index is 14.6. The standard InChI is InChI=1S/C32H52N2O4S/c1-18(2)27(38)33-24-12-13-31-16-32(31)23(11-10-22(31)28(24,5)17-39-20(4)35)29(6)14-21(36)26(19(3)34(8)9)30(29,7)15-25(32)37/h18-19,21-24,26,36H,10-17H2,1-9H3,(H,33,38)/t19-,21+,22?,23?,24-,26-,28-,29-,30+,31?,32-/m0/s1. The van der Waals surface area contributed by atoms with Crippen molar-refractivity contribution in [2.75, 3.05) is 19.8 Å². The lowest BCUT2D eigenvalue weighted by Crippen LogP contribution is -2.64. The van der Waals surface area contributed by atoms with Crippen LogP contribution in [-0.2, 0) is 14.4 Å². The van der Waals surface area contributed by atoms with E-state index in [1.807, 2.05) is 13.8 Å². The molecule has 6 nitrogen and oxygen atoms in total. The maximum Gasteiger partial charge on any atom is 0.222 e. The molecule has 2 N–H and O–H groups in total. The summed E-state index contributed by atoms with van der Waals surface area (Å²) in [6.45, 7) is 14.7.